The molecule has 3 nitrogen and oxygen atoms in total. The van der Waals surface area contributed by atoms with E-state index in [9.17, 15) is 5.11 Å². The SMILES string of the molecule is CCCn1ncc(Cl)c1C(O)c1ccc(C)c(C)c1. The normalized spacial score (nSPS) is 12.7. The van der Waals surface area contributed by atoms with E-state index in [1.165, 1.54) is 5.56 Å². The fraction of sp³-hybridized carbons (Fsp3) is 0.400. The van der Waals surface area contributed by atoms with Gasteiger partial charge in [0, 0.05) is 6.54 Å². The molecule has 0 saturated carbocycles. The molecule has 1 aromatic carbocycles. The van der Waals surface area contributed by atoms with E-state index in [0.717, 1.165) is 24.1 Å². The lowest BCUT2D eigenvalue weighted by Gasteiger charge is -2.15. The average molecular weight is 279 g/mol. The van der Waals surface area contributed by atoms with Crippen LogP contribution in [0.15, 0.2) is 24.4 Å². The Morgan fingerprint density at radius 2 is 2.05 bits per heavy atom. The van der Waals surface area contributed by atoms with Crippen LogP contribution in [0, 0.1) is 13.8 Å². The van der Waals surface area contributed by atoms with Gasteiger partial charge in [-0.2, -0.15) is 5.10 Å². The molecule has 0 spiro atoms. The third-order valence-corrected chi connectivity index (χ3v) is 3.67. The zero-order valence-corrected chi connectivity index (χ0v) is 12.3. The lowest BCUT2D eigenvalue weighted by Crippen LogP contribution is -2.10. The lowest BCUT2D eigenvalue weighted by atomic mass is 10.0. The van der Waals surface area contributed by atoms with Crippen molar-refractivity contribution < 1.29 is 5.11 Å². The molecule has 0 amide bonds. The molecule has 2 aromatic rings. The molecule has 1 atom stereocenters. The summed E-state index contributed by atoms with van der Waals surface area (Å²) >= 11 is 6.15. The second-order valence-electron chi connectivity index (χ2n) is 4.85. The van der Waals surface area contributed by atoms with Gasteiger partial charge in [-0.3, -0.25) is 4.68 Å². The number of hydrogen-bond acceptors (Lipinski definition) is 2. The summed E-state index contributed by atoms with van der Waals surface area (Å²) in [5.41, 5.74) is 3.90. The van der Waals surface area contributed by atoms with Crippen LogP contribution in [0.25, 0.3) is 0 Å². The van der Waals surface area contributed by atoms with Gasteiger partial charge in [-0.15, -0.1) is 0 Å². The Hall–Kier alpha value is -1.32. The summed E-state index contributed by atoms with van der Waals surface area (Å²) in [6, 6.07) is 5.95. The molecule has 4 heteroatoms. The molecule has 0 aliphatic carbocycles. The summed E-state index contributed by atoms with van der Waals surface area (Å²) in [6.45, 7) is 6.92. The number of benzene rings is 1. The van der Waals surface area contributed by atoms with Crippen molar-refractivity contribution in [3.8, 4) is 0 Å². The van der Waals surface area contributed by atoms with E-state index in [1.807, 2.05) is 25.1 Å². The molecular weight excluding hydrogens is 260 g/mol. The number of aryl methyl sites for hydroxylation is 3. The second kappa shape index (κ2) is 5.76. The molecule has 1 aromatic heterocycles. The van der Waals surface area contributed by atoms with E-state index in [4.69, 9.17) is 11.6 Å². The first-order valence-corrected chi connectivity index (χ1v) is 6.88. The molecule has 19 heavy (non-hydrogen) atoms. The zero-order chi connectivity index (χ0) is 14.0. The van der Waals surface area contributed by atoms with Gasteiger partial charge in [-0.25, -0.2) is 0 Å². The highest BCUT2D eigenvalue weighted by atomic mass is 35.5. The van der Waals surface area contributed by atoms with E-state index in [0.29, 0.717) is 10.7 Å². The maximum absolute atomic E-state index is 10.5. The van der Waals surface area contributed by atoms with Gasteiger partial charge in [0.25, 0.3) is 0 Å². The number of aromatic nitrogens is 2. The molecule has 0 radical (unpaired) electrons. The van der Waals surface area contributed by atoms with E-state index in [2.05, 4.69) is 18.9 Å². The maximum Gasteiger partial charge on any atom is 0.122 e. The summed E-state index contributed by atoms with van der Waals surface area (Å²) in [5, 5.41) is 15.3. The fourth-order valence-electron chi connectivity index (χ4n) is 2.13. The molecule has 0 aliphatic heterocycles. The largest absolute Gasteiger partial charge is 0.382 e. The van der Waals surface area contributed by atoms with Crippen molar-refractivity contribution in [1.29, 1.82) is 0 Å². The van der Waals surface area contributed by atoms with Gasteiger partial charge < -0.3 is 5.11 Å². The number of aliphatic hydroxyl groups is 1. The Morgan fingerprint density at radius 1 is 1.32 bits per heavy atom. The number of hydrogen-bond donors (Lipinski definition) is 1. The molecule has 0 bridgehead atoms. The number of rotatable bonds is 4. The molecular formula is C15H19ClN2O. The van der Waals surface area contributed by atoms with Gasteiger partial charge in [0.05, 0.1) is 16.9 Å². The smallest absolute Gasteiger partial charge is 0.122 e. The van der Waals surface area contributed by atoms with Gasteiger partial charge in [0.2, 0.25) is 0 Å². The highest BCUT2D eigenvalue weighted by Gasteiger charge is 2.19. The van der Waals surface area contributed by atoms with Gasteiger partial charge in [0.1, 0.15) is 6.10 Å². The van der Waals surface area contributed by atoms with Crippen molar-refractivity contribution in [3.05, 3.63) is 51.8 Å². The van der Waals surface area contributed by atoms with Gasteiger partial charge >= 0.3 is 0 Å². The Bertz CT molecular complexity index is 578. The Labute approximate surface area is 118 Å². The Kier molecular flexibility index (Phi) is 4.27. The van der Waals surface area contributed by atoms with Crippen LogP contribution >= 0.6 is 11.6 Å². The summed E-state index contributed by atoms with van der Waals surface area (Å²) in [6.07, 6.45) is 1.81. The van der Waals surface area contributed by atoms with E-state index < -0.39 is 6.10 Å². The number of nitrogens with zero attached hydrogens (tertiary/aromatic N) is 2. The van der Waals surface area contributed by atoms with Crippen molar-refractivity contribution in [2.75, 3.05) is 0 Å². The predicted molar refractivity (Wildman–Crippen MR) is 77.5 cm³/mol. The van der Waals surface area contributed by atoms with Crippen molar-refractivity contribution in [1.82, 2.24) is 9.78 Å². The van der Waals surface area contributed by atoms with Gasteiger partial charge in [-0.05, 0) is 37.0 Å². The van der Waals surface area contributed by atoms with Crippen molar-refractivity contribution in [2.24, 2.45) is 0 Å². The summed E-state index contributed by atoms with van der Waals surface area (Å²) in [4.78, 5) is 0. The minimum atomic E-state index is -0.735. The minimum Gasteiger partial charge on any atom is -0.382 e. The third-order valence-electron chi connectivity index (χ3n) is 3.37. The van der Waals surface area contributed by atoms with Crippen LogP contribution in [0.4, 0.5) is 0 Å². The average Bonchev–Trinajstić information content (AvgIpc) is 2.74. The lowest BCUT2D eigenvalue weighted by molar-refractivity contribution is 0.207. The van der Waals surface area contributed by atoms with Crippen LogP contribution in [0.2, 0.25) is 5.02 Å². The van der Waals surface area contributed by atoms with Crippen LogP contribution in [-0.2, 0) is 6.54 Å². The zero-order valence-electron chi connectivity index (χ0n) is 11.5. The van der Waals surface area contributed by atoms with Crippen molar-refractivity contribution in [2.45, 2.75) is 39.8 Å². The monoisotopic (exact) mass is 278 g/mol. The standard InChI is InChI=1S/C15H19ClN2O/c1-4-7-18-14(13(16)9-17-18)15(19)12-6-5-10(2)11(3)8-12/h5-6,8-9,15,19H,4,7H2,1-3H3. The minimum absolute atomic E-state index is 0.513. The highest BCUT2D eigenvalue weighted by Crippen LogP contribution is 2.29. The summed E-state index contributed by atoms with van der Waals surface area (Å²) in [5.74, 6) is 0. The Morgan fingerprint density at radius 3 is 2.68 bits per heavy atom. The van der Waals surface area contributed by atoms with Crippen LogP contribution in [0.5, 0.6) is 0 Å². The molecule has 0 aliphatic rings. The highest BCUT2D eigenvalue weighted by molar-refractivity contribution is 6.31. The van der Waals surface area contributed by atoms with Crippen molar-refractivity contribution in [3.63, 3.8) is 0 Å². The van der Waals surface area contributed by atoms with Gasteiger partial charge in [-0.1, -0.05) is 36.7 Å². The molecule has 1 heterocycles. The number of aliphatic hydroxyl groups excluding tert-OH is 1. The van der Waals surface area contributed by atoms with Crippen LogP contribution in [-0.4, -0.2) is 14.9 Å². The predicted octanol–water partition coefficient (Wildman–Crippen LogP) is 3.65. The molecule has 1 unspecified atom stereocenters. The molecule has 102 valence electrons. The van der Waals surface area contributed by atoms with E-state index in [1.54, 1.807) is 10.9 Å². The van der Waals surface area contributed by atoms with Crippen LogP contribution < -0.4 is 0 Å². The summed E-state index contributed by atoms with van der Waals surface area (Å²) < 4.78 is 1.78. The molecule has 0 saturated heterocycles. The third kappa shape index (κ3) is 2.82. The number of halogens is 1. The molecule has 1 N–H and O–H groups in total. The first-order valence-electron chi connectivity index (χ1n) is 6.51. The fourth-order valence-corrected chi connectivity index (χ4v) is 2.37. The quantitative estimate of drug-likeness (QED) is 0.927. The molecule has 0 fully saturated rings. The molecule has 2 rings (SSSR count). The van der Waals surface area contributed by atoms with E-state index >= 15 is 0 Å². The van der Waals surface area contributed by atoms with Crippen molar-refractivity contribution >= 4 is 11.6 Å². The van der Waals surface area contributed by atoms with Gasteiger partial charge in [0.15, 0.2) is 0 Å². The van der Waals surface area contributed by atoms with E-state index in [-0.39, 0.29) is 0 Å². The topological polar surface area (TPSA) is 38.0 Å². The first-order chi connectivity index (χ1) is 9.04. The first kappa shape index (κ1) is 14.1. The second-order valence-corrected chi connectivity index (χ2v) is 5.25. The summed E-state index contributed by atoms with van der Waals surface area (Å²) in [7, 11) is 0. The van der Waals surface area contributed by atoms with Crippen LogP contribution in [0.3, 0.4) is 0 Å². The van der Waals surface area contributed by atoms with Crippen LogP contribution in [0.1, 0.15) is 41.8 Å². The maximum atomic E-state index is 10.5. The Balaban J connectivity index is 2.40.